The van der Waals surface area contributed by atoms with E-state index < -0.39 is 6.04 Å². The summed E-state index contributed by atoms with van der Waals surface area (Å²) in [6.07, 6.45) is 7.04. The maximum Gasteiger partial charge on any atom is 0.328 e. The number of esters is 1. The highest BCUT2D eigenvalue weighted by atomic mass is 35.5. The van der Waals surface area contributed by atoms with Crippen LogP contribution < -0.4 is 16.8 Å². The number of aliphatic imine (C=N–C) groups is 1. The molecule has 166 valence electrons. The molecular formula is C22H28ClN5O3. The third-order valence-electron chi connectivity index (χ3n) is 5.47. The van der Waals surface area contributed by atoms with E-state index in [4.69, 9.17) is 27.8 Å². The number of carbonyl (C=O) groups excluding carboxylic acids is 2. The largest absolute Gasteiger partial charge is 0.464 e. The molecule has 1 fully saturated rings. The molecule has 0 unspecified atom stereocenters. The Bertz CT molecular complexity index is 985. The van der Waals surface area contributed by atoms with Crippen LogP contribution in [-0.4, -0.2) is 35.5 Å². The number of nitrogens with zero attached hydrogens (tertiary/aromatic N) is 2. The smallest absolute Gasteiger partial charge is 0.328 e. The van der Waals surface area contributed by atoms with E-state index in [1.165, 1.54) is 6.20 Å². The number of amides is 1. The van der Waals surface area contributed by atoms with Crippen molar-refractivity contribution >= 4 is 46.0 Å². The quantitative estimate of drug-likeness (QED) is 0.247. The molecule has 0 bridgehead atoms. The number of nitrogens with one attached hydrogen (secondary N) is 1. The molecule has 5 N–H and O–H groups in total. The first kappa shape index (κ1) is 22.8. The monoisotopic (exact) mass is 445 g/mol. The number of halogens is 1. The molecule has 1 heterocycles. The van der Waals surface area contributed by atoms with Crippen molar-refractivity contribution in [3.05, 3.63) is 35.0 Å². The van der Waals surface area contributed by atoms with E-state index in [1.807, 2.05) is 6.92 Å². The first-order valence-corrected chi connectivity index (χ1v) is 10.9. The predicted molar refractivity (Wildman–Crippen MR) is 121 cm³/mol. The average Bonchev–Trinajstić information content (AvgIpc) is 3.28. The van der Waals surface area contributed by atoms with E-state index >= 15 is 0 Å². The fourth-order valence-corrected chi connectivity index (χ4v) is 4.05. The van der Waals surface area contributed by atoms with E-state index in [-0.39, 0.29) is 29.6 Å². The van der Waals surface area contributed by atoms with Crippen molar-refractivity contribution in [1.82, 2.24) is 10.3 Å². The summed E-state index contributed by atoms with van der Waals surface area (Å²) in [6.45, 7) is 2.39. The molecule has 1 amide bonds. The van der Waals surface area contributed by atoms with Crippen LogP contribution in [0.3, 0.4) is 0 Å². The van der Waals surface area contributed by atoms with Crippen LogP contribution in [0.4, 0.5) is 5.82 Å². The Hall–Kier alpha value is -2.87. The van der Waals surface area contributed by atoms with Gasteiger partial charge in [-0.2, -0.15) is 4.99 Å². The second-order valence-electron chi connectivity index (χ2n) is 7.74. The molecule has 0 spiro atoms. The average molecular weight is 446 g/mol. The van der Waals surface area contributed by atoms with Crippen LogP contribution in [0.25, 0.3) is 10.8 Å². The van der Waals surface area contributed by atoms with Crippen molar-refractivity contribution in [3.63, 3.8) is 0 Å². The van der Waals surface area contributed by atoms with Gasteiger partial charge in [0.2, 0.25) is 0 Å². The molecular weight excluding hydrogens is 418 g/mol. The molecule has 0 radical (unpaired) electrons. The number of carbonyl (C=O) groups is 2. The Balaban J connectivity index is 1.87. The van der Waals surface area contributed by atoms with Crippen molar-refractivity contribution in [2.24, 2.45) is 22.4 Å². The molecule has 1 aromatic carbocycles. The number of hydrogen-bond donors (Lipinski definition) is 3. The van der Waals surface area contributed by atoms with Crippen LogP contribution in [0.15, 0.2) is 29.4 Å². The van der Waals surface area contributed by atoms with Crippen LogP contribution in [0.1, 0.15) is 55.8 Å². The van der Waals surface area contributed by atoms with Crippen molar-refractivity contribution in [2.75, 3.05) is 6.61 Å². The Morgan fingerprint density at radius 1 is 1.29 bits per heavy atom. The minimum atomic E-state index is -0.669. The van der Waals surface area contributed by atoms with Gasteiger partial charge in [0.1, 0.15) is 6.04 Å². The summed E-state index contributed by atoms with van der Waals surface area (Å²) in [5.74, 6) is -0.559. The van der Waals surface area contributed by atoms with E-state index in [9.17, 15) is 9.59 Å². The van der Waals surface area contributed by atoms with Gasteiger partial charge in [0.25, 0.3) is 5.91 Å². The fourth-order valence-electron chi connectivity index (χ4n) is 3.84. The van der Waals surface area contributed by atoms with Crippen LogP contribution in [0.5, 0.6) is 0 Å². The number of unbranched alkanes of at least 4 members (excludes halogenated alkanes) is 1. The van der Waals surface area contributed by atoms with Crippen LogP contribution in [0.2, 0.25) is 5.02 Å². The third-order valence-corrected chi connectivity index (χ3v) is 5.77. The predicted octanol–water partition coefficient (Wildman–Crippen LogP) is 3.43. The van der Waals surface area contributed by atoms with E-state index in [2.05, 4.69) is 15.3 Å². The van der Waals surface area contributed by atoms with Crippen LogP contribution in [0, 0.1) is 5.92 Å². The van der Waals surface area contributed by atoms with E-state index in [1.54, 1.807) is 18.2 Å². The summed E-state index contributed by atoms with van der Waals surface area (Å²) in [5.41, 5.74) is 11.3. The van der Waals surface area contributed by atoms with Gasteiger partial charge in [0.05, 0.1) is 11.6 Å². The number of pyridine rings is 1. The Labute approximate surface area is 186 Å². The molecule has 0 saturated heterocycles. The molecule has 1 atom stereocenters. The number of guanidine groups is 1. The maximum absolute atomic E-state index is 13.1. The number of ether oxygens (including phenoxy) is 1. The molecule has 31 heavy (non-hydrogen) atoms. The molecule has 1 aliphatic rings. The Morgan fingerprint density at radius 2 is 2.03 bits per heavy atom. The zero-order valence-corrected chi connectivity index (χ0v) is 18.3. The van der Waals surface area contributed by atoms with Gasteiger partial charge in [-0.25, -0.2) is 9.78 Å². The molecule has 1 aliphatic carbocycles. The minimum absolute atomic E-state index is 0.0758. The van der Waals surface area contributed by atoms with Gasteiger partial charge in [0, 0.05) is 22.5 Å². The standard InChI is InChI=1S/C22H28ClN5O3/c1-2-3-10-31-21(30)18(13-6-4-5-7-13)27-20(29)14-8-9-15-16(11-14)19(28-22(24)25)26-12-17(15)23/h8-9,11-13,18H,2-7,10H2,1H3,(H,27,29)(H4,24,25,26,28)/t18-/m0/s1. The van der Waals surface area contributed by atoms with Gasteiger partial charge in [0.15, 0.2) is 11.8 Å². The van der Waals surface area contributed by atoms with Gasteiger partial charge < -0.3 is 21.5 Å². The number of rotatable bonds is 8. The fraction of sp³-hybridized carbons (Fsp3) is 0.455. The lowest BCUT2D eigenvalue weighted by Crippen LogP contribution is -2.46. The SMILES string of the molecule is CCCCOC(=O)[C@@H](NC(=O)c1ccc2c(Cl)cnc(N=C(N)N)c2c1)C1CCCC1. The second-order valence-corrected chi connectivity index (χ2v) is 8.15. The topological polar surface area (TPSA) is 133 Å². The summed E-state index contributed by atoms with van der Waals surface area (Å²) in [5, 5.41) is 4.51. The zero-order chi connectivity index (χ0) is 22.4. The lowest BCUT2D eigenvalue weighted by molar-refractivity contribution is -0.147. The minimum Gasteiger partial charge on any atom is -0.464 e. The summed E-state index contributed by atoms with van der Waals surface area (Å²) in [6, 6.07) is 4.32. The van der Waals surface area contributed by atoms with Crippen molar-refractivity contribution < 1.29 is 14.3 Å². The van der Waals surface area contributed by atoms with E-state index in [0.29, 0.717) is 28.0 Å². The summed E-state index contributed by atoms with van der Waals surface area (Å²) < 4.78 is 5.42. The molecule has 3 rings (SSSR count). The zero-order valence-electron chi connectivity index (χ0n) is 17.6. The molecule has 2 aromatic rings. The number of benzene rings is 1. The second kappa shape index (κ2) is 10.4. The molecule has 8 nitrogen and oxygen atoms in total. The summed E-state index contributed by atoms with van der Waals surface area (Å²) in [7, 11) is 0. The highest BCUT2D eigenvalue weighted by Gasteiger charge is 2.33. The van der Waals surface area contributed by atoms with Gasteiger partial charge in [-0.05, 0) is 37.3 Å². The molecule has 1 saturated carbocycles. The van der Waals surface area contributed by atoms with Crippen LogP contribution >= 0.6 is 11.6 Å². The lowest BCUT2D eigenvalue weighted by Gasteiger charge is -2.23. The number of hydrogen-bond acceptors (Lipinski definition) is 5. The molecule has 1 aromatic heterocycles. The van der Waals surface area contributed by atoms with Gasteiger partial charge in [-0.15, -0.1) is 0 Å². The highest BCUT2D eigenvalue weighted by molar-refractivity contribution is 6.35. The first-order valence-electron chi connectivity index (χ1n) is 10.6. The number of aromatic nitrogens is 1. The maximum atomic E-state index is 13.1. The highest BCUT2D eigenvalue weighted by Crippen LogP contribution is 2.31. The molecule has 9 heteroatoms. The van der Waals surface area contributed by atoms with Crippen molar-refractivity contribution in [1.29, 1.82) is 0 Å². The van der Waals surface area contributed by atoms with Gasteiger partial charge in [-0.1, -0.05) is 43.9 Å². The Kier molecular flexibility index (Phi) is 7.68. The Morgan fingerprint density at radius 3 is 2.71 bits per heavy atom. The number of nitrogens with two attached hydrogens (primary N) is 2. The van der Waals surface area contributed by atoms with E-state index in [0.717, 1.165) is 38.5 Å². The van der Waals surface area contributed by atoms with Crippen molar-refractivity contribution in [2.45, 2.75) is 51.5 Å². The van der Waals surface area contributed by atoms with Gasteiger partial charge >= 0.3 is 5.97 Å². The first-order chi connectivity index (χ1) is 14.9. The normalized spacial score (nSPS) is 14.9. The molecule has 0 aliphatic heterocycles. The van der Waals surface area contributed by atoms with Gasteiger partial charge in [-0.3, -0.25) is 4.79 Å². The summed E-state index contributed by atoms with van der Waals surface area (Å²) in [4.78, 5) is 33.9. The van der Waals surface area contributed by atoms with Crippen LogP contribution in [-0.2, 0) is 9.53 Å². The summed E-state index contributed by atoms with van der Waals surface area (Å²) >= 11 is 6.23. The lowest BCUT2D eigenvalue weighted by atomic mass is 9.97. The number of fused-ring (bicyclic) bond motifs is 1. The third kappa shape index (κ3) is 5.64. The van der Waals surface area contributed by atoms with Crippen molar-refractivity contribution in [3.8, 4) is 0 Å².